The molecular weight excluding hydrogens is 176 g/mol. The maximum atomic E-state index is 10.2. The van der Waals surface area contributed by atoms with Crippen LogP contribution in [0.1, 0.15) is 32.6 Å². The molecule has 3 heteroatoms. The molecule has 3 nitrogen and oxygen atoms in total. The normalized spacial score (nSPS) is 41.1. The Hall–Kier alpha value is -0.120. The summed E-state index contributed by atoms with van der Waals surface area (Å²) in [7, 11) is 0. The Kier molecular flexibility index (Phi) is 3.42. The number of piperidine rings is 1. The Morgan fingerprint density at radius 1 is 1.14 bits per heavy atom. The number of hydrogen-bond acceptors (Lipinski definition) is 3. The Balaban J connectivity index is 1.86. The molecule has 0 spiro atoms. The van der Waals surface area contributed by atoms with Gasteiger partial charge >= 0.3 is 0 Å². The Morgan fingerprint density at radius 2 is 1.93 bits per heavy atom. The molecule has 2 saturated heterocycles. The third-order valence-electron chi connectivity index (χ3n) is 3.62. The van der Waals surface area contributed by atoms with Crippen molar-refractivity contribution in [3.63, 3.8) is 0 Å². The number of rotatable bonds is 2. The number of nitrogens with one attached hydrogen (secondary N) is 2. The van der Waals surface area contributed by atoms with Gasteiger partial charge in [-0.15, -0.1) is 0 Å². The van der Waals surface area contributed by atoms with Crippen molar-refractivity contribution in [2.24, 2.45) is 5.92 Å². The molecule has 4 unspecified atom stereocenters. The molecule has 0 amide bonds. The second kappa shape index (κ2) is 4.60. The first-order chi connectivity index (χ1) is 6.77. The van der Waals surface area contributed by atoms with E-state index in [1.165, 1.54) is 12.8 Å². The molecule has 0 bridgehead atoms. The summed E-state index contributed by atoms with van der Waals surface area (Å²) in [4.78, 5) is 0. The van der Waals surface area contributed by atoms with Gasteiger partial charge in [0.15, 0.2) is 0 Å². The maximum Gasteiger partial charge on any atom is 0.0845 e. The predicted molar refractivity (Wildman–Crippen MR) is 57.2 cm³/mol. The maximum absolute atomic E-state index is 10.2. The van der Waals surface area contributed by atoms with Gasteiger partial charge in [-0.05, 0) is 44.7 Å². The van der Waals surface area contributed by atoms with Crippen molar-refractivity contribution in [3.8, 4) is 0 Å². The SMILES string of the molecule is CC1CCNC(C(O)C2CCCN2)C1. The molecule has 0 saturated carbocycles. The third-order valence-corrected chi connectivity index (χ3v) is 3.62. The van der Waals surface area contributed by atoms with Gasteiger partial charge in [0.25, 0.3) is 0 Å². The zero-order chi connectivity index (χ0) is 9.97. The van der Waals surface area contributed by atoms with Gasteiger partial charge in [-0.1, -0.05) is 6.92 Å². The molecule has 2 aliphatic heterocycles. The van der Waals surface area contributed by atoms with Crippen LogP contribution in [0.4, 0.5) is 0 Å². The first-order valence-corrected chi connectivity index (χ1v) is 5.92. The van der Waals surface area contributed by atoms with E-state index in [2.05, 4.69) is 17.6 Å². The van der Waals surface area contributed by atoms with Gasteiger partial charge in [-0.25, -0.2) is 0 Å². The van der Waals surface area contributed by atoms with E-state index in [-0.39, 0.29) is 6.10 Å². The van der Waals surface area contributed by atoms with E-state index in [1.54, 1.807) is 0 Å². The molecule has 0 aromatic carbocycles. The lowest BCUT2D eigenvalue weighted by atomic mass is 9.88. The van der Waals surface area contributed by atoms with Crippen LogP contribution in [0.2, 0.25) is 0 Å². The second-order valence-corrected chi connectivity index (χ2v) is 4.88. The van der Waals surface area contributed by atoms with Crippen LogP contribution >= 0.6 is 0 Å². The van der Waals surface area contributed by atoms with Crippen LogP contribution in [0, 0.1) is 5.92 Å². The fraction of sp³-hybridized carbons (Fsp3) is 1.00. The summed E-state index contributed by atoms with van der Waals surface area (Å²) in [6.45, 7) is 4.42. The number of hydrogen-bond donors (Lipinski definition) is 3. The highest BCUT2D eigenvalue weighted by atomic mass is 16.3. The Bertz CT molecular complexity index is 180. The highest BCUT2D eigenvalue weighted by molar-refractivity contribution is 4.91. The fourth-order valence-corrected chi connectivity index (χ4v) is 2.69. The van der Waals surface area contributed by atoms with Crippen molar-refractivity contribution in [2.45, 2.75) is 50.8 Å². The summed E-state index contributed by atoms with van der Waals surface area (Å²) in [5.41, 5.74) is 0. The number of aliphatic hydroxyl groups excluding tert-OH is 1. The van der Waals surface area contributed by atoms with E-state index in [0.717, 1.165) is 31.8 Å². The van der Waals surface area contributed by atoms with Gasteiger partial charge in [0, 0.05) is 12.1 Å². The Labute approximate surface area is 86.3 Å². The van der Waals surface area contributed by atoms with Crippen molar-refractivity contribution >= 4 is 0 Å². The molecule has 3 N–H and O–H groups in total. The Morgan fingerprint density at radius 3 is 2.57 bits per heavy atom. The summed E-state index contributed by atoms with van der Waals surface area (Å²) in [5.74, 6) is 0.761. The molecule has 82 valence electrons. The zero-order valence-electron chi connectivity index (χ0n) is 9.00. The molecule has 0 aromatic rings. The van der Waals surface area contributed by atoms with Crippen LogP contribution in [-0.2, 0) is 0 Å². The van der Waals surface area contributed by atoms with Crippen LogP contribution in [-0.4, -0.2) is 36.4 Å². The minimum Gasteiger partial charge on any atom is -0.390 e. The molecule has 0 radical (unpaired) electrons. The first-order valence-electron chi connectivity index (χ1n) is 5.92. The average molecular weight is 198 g/mol. The van der Waals surface area contributed by atoms with E-state index in [1.807, 2.05) is 0 Å². The lowest BCUT2D eigenvalue weighted by molar-refractivity contribution is 0.0724. The van der Waals surface area contributed by atoms with Crippen LogP contribution in [0.3, 0.4) is 0 Å². The topological polar surface area (TPSA) is 44.3 Å². The summed E-state index contributed by atoms with van der Waals surface area (Å²) in [6.07, 6.45) is 4.53. The average Bonchev–Trinajstić information content (AvgIpc) is 2.69. The zero-order valence-corrected chi connectivity index (χ0v) is 9.00. The molecule has 4 atom stereocenters. The molecule has 0 aliphatic carbocycles. The molecular formula is C11H22N2O. The van der Waals surface area contributed by atoms with Crippen LogP contribution in [0.15, 0.2) is 0 Å². The quantitative estimate of drug-likeness (QED) is 0.605. The fourth-order valence-electron chi connectivity index (χ4n) is 2.69. The number of aliphatic hydroxyl groups is 1. The van der Waals surface area contributed by atoms with Crippen molar-refractivity contribution in [3.05, 3.63) is 0 Å². The molecule has 0 aromatic heterocycles. The van der Waals surface area contributed by atoms with Gasteiger partial charge < -0.3 is 15.7 Å². The predicted octanol–water partition coefficient (Wildman–Crippen LogP) is 0.487. The van der Waals surface area contributed by atoms with Gasteiger partial charge in [0.2, 0.25) is 0 Å². The molecule has 2 aliphatic rings. The largest absolute Gasteiger partial charge is 0.390 e. The molecule has 14 heavy (non-hydrogen) atoms. The van der Waals surface area contributed by atoms with E-state index in [9.17, 15) is 5.11 Å². The molecule has 2 rings (SSSR count). The van der Waals surface area contributed by atoms with Gasteiger partial charge in [0.1, 0.15) is 0 Å². The summed E-state index contributed by atoms with van der Waals surface area (Å²) in [6, 6.07) is 0.646. The van der Waals surface area contributed by atoms with Crippen LogP contribution < -0.4 is 10.6 Å². The molecule has 2 fully saturated rings. The van der Waals surface area contributed by atoms with Crippen molar-refractivity contribution in [1.29, 1.82) is 0 Å². The molecule has 2 heterocycles. The van der Waals surface area contributed by atoms with E-state index in [0.29, 0.717) is 12.1 Å². The second-order valence-electron chi connectivity index (χ2n) is 4.88. The lowest BCUT2D eigenvalue weighted by Crippen LogP contribution is -2.52. The summed E-state index contributed by atoms with van der Waals surface area (Å²) in [5, 5.41) is 17.0. The van der Waals surface area contributed by atoms with Crippen LogP contribution in [0.5, 0.6) is 0 Å². The van der Waals surface area contributed by atoms with Gasteiger partial charge in [-0.3, -0.25) is 0 Å². The van der Waals surface area contributed by atoms with E-state index >= 15 is 0 Å². The van der Waals surface area contributed by atoms with Crippen LogP contribution in [0.25, 0.3) is 0 Å². The summed E-state index contributed by atoms with van der Waals surface area (Å²) < 4.78 is 0. The van der Waals surface area contributed by atoms with Crippen molar-refractivity contribution in [2.75, 3.05) is 13.1 Å². The lowest BCUT2D eigenvalue weighted by Gasteiger charge is -2.34. The van der Waals surface area contributed by atoms with Gasteiger partial charge in [-0.2, -0.15) is 0 Å². The summed E-state index contributed by atoms with van der Waals surface area (Å²) >= 11 is 0. The van der Waals surface area contributed by atoms with Crippen molar-refractivity contribution in [1.82, 2.24) is 10.6 Å². The standard InChI is InChI=1S/C11H22N2O/c1-8-4-6-13-10(7-8)11(14)9-3-2-5-12-9/h8-14H,2-7H2,1H3. The third kappa shape index (κ3) is 2.27. The van der Waals surface area contributed by atoms with Gasteiger partial charge in [0.05, 0.1) is 6.10 Å². The van der Waals surface area contributed by atoms with E-state index < -0.39 is 0 Å². The monoisotopic (exact) mass is 198 g/mol. The highest BCUT2D eigenvalue weighted by Gasteiger charge is 2.31. The minimum atomic E-state index is -0.194. The first kappa shape index (κ1) is 10.4. The minimum absolute atomic E-state index is 0.194. The van der Waals surface area contributed by atoms with E-state index in [4.69, 9.17) is 0 Å². The highest BCUT2D eigenvalue weighted by Crippen LogP contribution is 2.21. The van der Waals surface area contributed by atoms with Crippen molar-refractivity contribution < 1.29 is 5.11 Å². The smallest absolute Gasteiger partial charge is 0.0845 e.